The van der Waals surface area contributed by atoms with Crippen LogP contribution in [0, 0.1) is 0 Å². The van der Waals surface area contributed by atoms with Crippen LogP contribution >= 0.6 is 0 Å². The second kappa shape index (κ2) is 3.74. The zero-order valence-electron chi connectivity index (χ0n) is 8.51. The number of unbranched alkanes of at least 4 members (excludes halogenated alkanes) is 1. The molecule has 0 aliphatic carbocycles. The van der Waals surface area contributed by atoms with Crippen molar-refractivity contribution in [3.05, 3.63) is 30.0 Å². The van der Waals surface area contributed by atoms with E-state index in [4.69, 9.17) is 5.73 Å². The normalized spacial score (nSPS) is 10.9. The number of nitrogens with one attached hydrogen (secondary N) is 1. The molecule has 0 saturated carbocycles. The van der Waals surface area contributed by atoms with Crippen LogP contribution in [0.25, 0.3) is 10.9 Å². The van der Waals surface area contributed by atoms with Gasteiger partial charge in [0.2, 0.25) is 0 Å². The van der Waals surface area contributed by atoms with Gasteiger partial charge in [0.1, 0.15) is 0 Å². The Balaban J connectivity index is 2.38. The summed E-state index contributed by atoms with van der Waals surface area (Å²) in [7, 11) is 0. The first-order chi connectivity index (χ1) is 6.81. The molecule has 0 atom stereocenters. The Bertz CT molecular complexity index is 429. The van der Waals surface area contributed by atoms with Crippen molar-refractivity contribution >= 4 is 16.6 Å². The molecule has 1 heterocycles. The van der Waals surface area contributed by atoms with Crippen molar-refractivity contribution in [1.29, 1.82) is 0 Å². The maximum absolute atomic E-state index is 5.97. The number of aryl methyl sites for hydroxylation is 1. The monoisotopic (exact) mass is 188 g/mol. The van der Waals surface area contributed by atoms with Crippen molar-refractivity contribution in [1.82, 2.24) is 4.98 Å². The van der Waals surface area contributed by atoms with E-state index in [1.165, 1.54) is 29.3 Å². The van der Waals surface area contributed by atoms with Gasteiger partial charge < -0.3 is 10.7 Å². The number of aromatic amines is 1. The van der Waals surface area contributed by atoms with Gasteiger partial charge >= 0.3 is 0 Å². The van der Waals surface area contributed by atoms with Crippen LogP contribution in [0.5, 0.6) is 0 Å². The average molecular weight is 188 g/mol. The molecular weight excluding hydrogens is 172 g/mol. The van der Waals surface area contributed by atoms with Crippen molar-refractivity contribution in [2.45, 2.75) is 26.2 Å². The van der Waals surface area contributed by atoms with E-state index in [1.807, 2.05) is 6.20 Å². The maximum Gasteiger partial charge on any atom is 0.0458 e. The highest BCUT2D eigenvalue weighted by Crippen LogP contribution is 2.22. The molecular formula is C12H16N2. The van der Waals surface area contributed by atoms with Crippen LogP contribution in [0.15, 0.2) is 24.4 Å². The molecule has 74 valence electrons. The molecule has 2 aromatic rings. The molecule has 0 aliphatic rings. The minimum Gasteiger partial charge on any atom is -0.398 e. The van der Waals surface area contributed by atoms with Crippen LogP contribution in [0.3, 0.4) is 0 Å². The number of rotatable bonds is 3. The van der Waals surface area contributed by atoms with Crippen molar-refractivity contribution in [2.75, 3.05) is 5.73 Å². The number of nitrogens with two attached hydrogens (primary N) is 1. The van der Waals surface area contributed by atoms with Gasteiger partial charge in [0, 0.05) is 22.8 Å². The molecule has 0 aliphatic heterocycles. The van der Waals surface area contributed by atoms with Crippen molar-refractivity contribution in [3.8, 4) is 0 Å². The molecule has 0 unspecified atom stereocenters. The third-order valence-corrected chi connectivity index (χ3v) is 2.61. The Kier molecular flexibility index (Phi) is 2.44. The summed E-state index contributed by atoms with van der Waals surface area (Å²) in [5, 5.41) is 1.20. The standard InChI is InChI=1S/C12H16N2/c1-2-3-4-9-8-12-10(5-6-14-12)7-11(9)13/h5-8,14H,2-4,13H2,1H3. The van der Waals surface area contributed by atoms with E-state index in [9.17, 15) is 0 Å². The van der Waals surface area contributed by atoms with Gasteiger partial charge in [-0.25, -0.2) is 0 Å². The predicted molar refractivity (Wildman–Crippen MR) is 61.3 cm³/mol. The fourth-order valence-electron chi connectivity index (χ4n) is 1.75. The number of aromatic nitrogens is 1. The number of H-pyrrole nitrogens is 1. The zero-order chi connectivity index (χ0) is 9.97. The van der Waals surface area contributed by atoms with Crippen molar-refractivity contribution in [2.24, 2.45) is 0 Å². The molecule has 3 N–H and O–H groups in total. The fourth-order valence-corrected chi connectivity index (χ4v) is 1.75. The maximum atomic E-state index is 5.97. The highest BCUT2D eigenvalue weighted by atomic mass is 14.7. The summed E-state index contributed by atoms with van der Waals surface area (Å²) in [4.78, 5) is 3.21. The SMILES string of the molecule is CCCCc1cc2[nH]ccc2cc1N. The Morgan fingerprint density at radius 3 is 3.00 bits per heavy atom. The molecule has 0 spiro atoms. The van der Waals surface area contributed by atoms with E-state index in [-0.39, 0.29) is 0 Å². The van der Waals surface area contributed by atoms with Crippen molar-refractivity contribution < 1.29 is 0 Å². The highest BCUT2D eigenvalue weighted by molar-refractivity contribution is 5.84. The predicted octanol–water partition coefficient (Wildman–Crippen LogP) is 3.09. The summed E-state index contributed by atoms with van der Waals surface area (Å²) in [6.45, 7) is 2.20. The van der Waals surface area contributed by atoms with Gasteiger partial charge in [0.15, 0.2) is 0 Å². The minimum atomic E-state index is 0.922. The number of benzene rings is 1. The van der Waals surface area contributed by atoms with Gasteiger partial charge in [-0.15, -0.1) is 0 Å². The lowest BCUT2D eigenvalue weighted by molar-refractivity contribution is 0.797. The van der Waals surface area contributed by atoms with Crippen LogP contribution in [0.1, 0.15) is 25.3 Å². The number of hydrogen-bond donors (Lipinski definition) is 2. The second-order valence-corrected chi connectivity index (χ2v) is 3.72. The lowest BCUT2D eigenvalue weighted by Crippen LogP contribution is -1.94. The van der Waals surface area contributed by atoms with Gasteiger partial charge in [-0.3, -0.25) is 0 Å². The molecule has 0 saturated heterocycles. The van der Waals surface area contributed by atoms with Crippen LogP contribution in [0.2, 0.25) is 0 Å². The zero-order valence-corrected chi connectivity index (χ0v) is 8.51. The summed E-state index contributed by atoms with van der Waals surface area (Å²) in [5.74, 6) is 0. The Morgan fingerprint density at radius 2 is 2.21 bits per heavy atom. The van der Waals surface area contributed by atoms with E-state index in [0.29, 0.717) is 0 Å². The molecule has 0 fully saturated rings. The Morgan fingerprint density at radius 1 is 1.36 bits per heavy atom. The van der Waals surface area contributed by atoms with Crippen LogP contribution in [-0.2, 0) is 6.42 Å². The quantitative estimate of drug-likeness (QED) is 0.714. The largest absolute Gasteiger partial charge is 0.398 e. The smallest absolute Gasteiger partial charge is 0.0458 e. The fraction of sp³-hybridized carbons (Fsp3) is 0.333. The molecule has 0 bridgehead atoms. The Labute approximate surface area is 84.1 Å². The lowest BCUT2D eigenvalue weighted by Gasteiger charge is -2.04. The summed E-state index contributed by atoms with van der Waals surface area (Å²) < 4.78 is 0. The van der Waals surface area contributed by atoms with Crippen molar-refractivity contribution in [3.63, 3.8) is 0 Å². The first-order valence-corrected chi connectivity index (χ1v) is 5.16. The topological polar surface area (TPSA) is 41.8 Å². The minimum absolute atomic E-state index is 0.922. The van der Waals surface area contributed by atoms with Gasteiger partial charge in [-0.2, -0.15) is 0 Å². The molecule has 2 nitrogen and oxygen atoms in total. The number of hydrogen-bond acceptors (Lipinski definition) is 1. The molecule has 2 heteroatoms. The summed E-state index contributed by atoms with van der Waals surface area (Å²) >= 11 is 0. The van der Waals surface area contributed by atoms with E-state index in [0.717, 1.165) is 12.1 Å². The van der Waals surface area contributed by atoms with E-state index in [2.05, 4.69) is 30.1 Å². The number of anilines is 1. The molecule has 0 amide bonds. The van der Waals surface area contributed by atoms with Crippen LogP contribution in [-0.4, -0.2) is 4.98 Å². The summed E-state index contributed by atoms with van der Waals surface area (Å²) in [5.41, 5.74) is 9.35. The molecule has 14 heavy (non-hydrogen) atoms. The number of fused-ring (bicyclic) bond motifs is 1. The molecule has 2 rings (SSSR count). The average Bonchev–Trinajstić information content (AvgIpc) is 2.61. The first kappa shape index (κ1) is 9.13. The van der Waals surface area contributed by atoms with E-state index >= 15 is 0 Å². The van der Waals surface area contributed by atoms with Gasteiger partial charge in [-0.1, -0.05) is 13.3 Å². The first-order valence-electron chi connectivity index (χ1n) is 5.16. The third-order valence-electron chi connectivity index (χ3n) is 2.61. The Hall–Kier alpha value is -1.44. The summed E-state index contributed by atoms with van der Waals surface area (Å²) in [6, 6.07) is 6.27. The molecule has 1 aromatic heterocycles. The lowest BCUT2D eigenvalue weighted by atomic mass is 10.0. The van der Waals surface area contributed by atoms with Gasteiger partial charge in [0.25, 0.3) is 0 Å². The van der Waals surface area contributed by atoms with E-state index in [1.54, 1.807) is 0 Å². The summed E-state index contributed by atoms with van der Waals surface area (Å²) in [6.07, 6.45) is 5.45. The van der Waals surface area contributed by atoms with E-state index < -0.39 is 0 Å². The van der Waals surface area contributed by atoms with Gasteiger partial charge in [0.05, 0.1) is 0 Å². The van der Waals surface area contributed by atoms with Gasteiger partial charge in [-0.05, 0) is 36.6 Å². The number of nitrogen functional groups attached to an aromatic ring is 1. The molecule has 0 radical (unpaired) electrons. The second-order valence-electron chi connectivity index (χ2n) is 3.72. The van der Waals surface area contributed by atoms with Crippen LogP contribution < -0.4 is 5.73 Å². The molecule has 1 aromatic carbocycles. The highest BCUT2D eigenvalue weighted by Gasteiger charge is 2.02. The van der Waals surface area contributed by atoms with Crippen LogP contribution in [0.4, 0.5) is 5.69 Å². The third kappa shape index (κ3) is 1.60.